The highest BCUT2D eigenvalue weighted by Crippen LogP contribution is 2.38. The van der Waals surface area contributed by atoms with Crippen molar-refractivity contribution in [2.75, 3.05) is 75.0 Å². The molecule has 0 bridgehead atoms. The number of piperidine rings is 1. The summed E-state index contributed by atoms with van der Waals surface area (Å²) in [6, 6.07) is -7.78. The minimum Gasteiger partial charge on any atom is -0.343 e. The van der Waals surface area contributed by atoms with E-state index in [2.05, 4.69) is 16.0 Å². The lowest BCUT2D eigenvalue weighted by Crippen LogP contribution is -2.65. The van der Waals surface area contributed by atoms with Crippen LogP contribution in [0.5, 0.6) is 0 Å². The molecule has 24 nitrogen and oxygen atoms in total. The first kappa shape index (κ1) is 81.2. The van der Waals surface area contributed by atoms with Crippen LogP contribution in [0.15, 0.2) is 18.2 Å². The molecule has 10 atom stereocenters. The summed E-state index contributed by atoms with van der Waals surface area (Å²) in [6.45, 7) is 12.9. The Labute approximate surface area is 599 Å². The van der Waals surface area contributed by atoms with Crippen LogP contribution in [0.1, 0.15) is 194 Å². The van der Waals surface area contributed by atoms with E-state index in [4.69, 9.17) is 11.6 Å². The van der Waals surface area contributed by atoms with Gasteiger partial charge in [-0.25, -0.2) is 0 Å². The van der Waals surface area contributed by atoms with Gasteiger partial charge in [-0.2, -0.15) is 13.2 Å². The van der Waals surface area contributed by atoms with E-state index in [0.29, 0.717) is 57.2 Å². The number of aryl methyl sites for hydroxylation is 1. The highest BCUT2D eigenvalue weighted by Gasteiger charge is 2.52. The third-order valence-electron chi connectivity index (χ3n) is 22.4. The zero-order valence-corrected chi connectivity index (χ0v) is 62.5. The zero-order chi connectivity index (χ0) is 74.7. The van der Waals surface area contributed by atoms with Crippen molar-refractivity contribution in [1.82, 2.24) is 60.0 Å². The summed E-state index contributed by atoms with van der Waals surface area (Å²) in [4.78, 5) is 192. The molecule has 28 heteroatoms. The second kappa shape index (κ2) is 35.4. The van der Waals surface area contributed by atoms with Crippen LogP contribution in [-0.2, 0) is 70.1 Å². The fourth-order valence-electron chi connectivity index (χ4n) is 15.9. The number of halogens is 4. The predicted molar refractivity (Wildman–Crippen MR) is 374 cm³/mol. The normalized spacial score (nSPS) is 27.7. The Morgan fingerprint density at radius 1 is 0.624 bits per heavy atom. The Morgan fingerprint density at radius 2 is 1.25 bits per heavy atom. The standard InChI is InChI=1S/C73H112ClF3N12O12/c1-14-46(7)60-69(99)83(10)52(15-2)68(98)89-38-32-54(89)66(96)84(11)56(41-47-25-18-16-19-26-47)65(95)81(8)43-58(90)78-51(31-29-48-28-30-49(50(74)40-48)73(75,76)77)64(94)88-37-24-27-53(88)63(93)80-72(33-20-21-34-72)71(101)86(13)61(45(5)6)70(100)85(12)57(67(97)87-35-22-17-23-36-87)42-59(91)82(9)55(39-44(3)4)62(92)79-60/h28,30,40,44-47,51-57,60-61H,14-27,29,31-39,41-43H2,1-13H3,(H,78,90)(H,79,92)(H,80,93)/t46-,51-,52-,53-,54-,55-,56-,57-,60-,61-/m0/s1. The van der Waals surface area contributed by atoms with Gasteiger partial charge in [0.25, 0.3) is 0 Å². The highest BCUT2D eigenvalue weighted by atomic mass is 35.5. The summed E-state index contributed by atoms with van der Waals surface area (Å²) < 4.78 is 41.7. The van der Waals surface area contributed by atoms with Gasteiger partial charge < -0.3 is 60.0 Å². The molecule has 7 rings (SSSR count). The SMILES string of the molecule is CC[C@H](C)[C@@H]1NC(=O)[C@H](CC(C)C)N(C)C(=O)C[C@@H](C(=O)N2CCCCC2)N(C)C(=O)[C@H](C(C)C)N(C)C(=O)C2(CCCC2)NC(=O)[C@@H]2CCCN2C(=O)[C@H](CCc2ccc(C(F)(F)F)c(Cl)c2)NC(=O)CN(C)C(=O)[C@H](CC2CCCCC2)N(C)C(=O)[C@@H]2CCN2C(=O)[C@H](CC)N(C)C1=O. The molecular weight excluding hydrogens is 1330 g/mol. The summed E-state index contributed by atoms with van der Waals surface area (Å²) in [6.07, 6.45) is 3.89. The molecule has 1 aromatic rings. The molecule has 3 N–H and O–H groups in total. The third kappa shape index (κ3) is 19.2. The summed E-state index contributed by atoms with van der Waals surface area (Å²) in [5, 5.41) is 8.19. The molecule has 0 aromatic heterocycles. The molecule has 0 radical (unpaired) electrons. The summed E-state index contributed by atoms with van der Waals surface area (Å²) in [5.41, 5.74) is -2.35. The van der Waals surface area contributed by atoms with Gasteiger partial charge in [0.2, 0.25) is 70.9 Å². The second-order valence-corrected chi connectivity index (χ2v) is 30.6. The van der Waals surface area contributed by atoms with E-state index in [0.717, 1.165) is 55.6 Å². The average Bonchev–Trinajstić information content (AvgIpc) is 1.77. The third-order valence-corrected chi connectivity index (χ3v) is 22.7. The molecule has 6 fully saturated rings. The van der Waals surface area contributed by atoms with Crippen molar-refractivity contribution >= 4 is 82.5 Å². The smallest absolute Gasteiger partial charge is 0.343 e. The lowest BCUT2D eigenvalue weighted by atomic mass is 9.84. The fraction of sp³-hybridized carbons (Fsp3) is 0.753. The molecule has 1 aromatic carbocycles. The van der Waals surface area contributed by atoms with Crippen LogP contribution in [0.4, 0.5) is 13.2 Å². The van der Waals surface area contributed by atoms with Gasteiger partial charge in [-0.3, -0.25) is 57.5 Å². The van der Waals surface area contributed by atoms with Crippen LogP contribution < -0.4 is 16.0 Å². The van der Waals surface area contributed by atoms with Gasteiger partial charge >= 0.3 is 6.18 Å². The van der Waals surface area contributed by atoms with Crippen molar-refractivity contribution in [3.8, 4) is 0 Å². The number of hydrogen-bond acceptors (Lipinski definition) is 12. The van der Waals surface area contributed by atoms with E-state index in [-0.39, 0.29) is 82.7 Å². The number of likely N-dealkylation sites (N-methyl/N-ethyl adjacent to an activating group) is 6. The Bertz CT molecular complexity index is 3170. The Balaban J connectivity index is 1.29. The molecule has 564 valence electrons. The van der Waals surface area contributed by atoms with Crippen LogP contribution in [0.3, 0.4) is 0 Å². The molecule has 6 aliphatic rings. The van der Waals surface area contributed by atoms with Crippen molar-refractivity contribution in [1.29, 1.82) is 0 Å². The lowest BCUT2D eigenvalue weighted by molar-refractivity contribution is -0.161. The van der Waals surface area contributed by atoms with Gasteiger partial charge in [0.1, 0.15) is 59.9 Å². The first-order valence-electron chi connectivity index (χ1n) is 36.8. The number of fused-ring (bicyclic) bond motifs is 2. The van der Waals surface area contributed by atoms with Crippen LogP contribution in [0, 0.1) is 23.7 Å². The van der Waals surface area contributed by atoms with Crippen LogP contribution in [0.2, 0.25) is 5.02 Å². The maximum absolute atomic E-state index is 15.5. The highest BCUT2D eigenvalue weighted by molar-refractivity contribution is 6.31. The zero-order valence-electron chi connectivity index (χ0n) is 61.8. The molecule has 2 aliphatic carbocycles. The molecule has 4 aliphatic heterocycles. The van der Waals surface area contributed by atoms with E-state index < -0.39 is 172 Å². The van der Waals surface area contributed by atoms with E-state index in [9.17, 15) is 37.1 Å². The number of hydrogen-bond donors (Lipinski definition) is 3. The van der Waals surface area contributed by atoms with Crippen molar-refractivity contribution in [3.63, 3.8) is 0 Å². The number of amides is 12. The van der Waals surface area contributed by atoms with Crippen molar-refractivity contribution in [2.24, 2.45) is 23.7 Å². The number of carbonyl (C=O) groups excluding carboxylic acids is 12. The first-order chi connectivity index (χ1) is 47.6. The molecule has 12 amide bonds. The molecule has 2 saturated carbocycles. The molecular formula is C73H112ClF3N12O12. The Morgan fingerprint density at radius 3 is 1.82 bits per heavy atom. The summed E-state index contributed by atoms with van der Waals surface area (Å²) in [5.74, 6) is -8.81. The van der Waals surface area contributed by atoms with Gasteiger partial charge in [0.05, 0.1) is 23.6 Å². The van der Waals surface area contributed by atoms with Gasteiger partial charge in [0.15, 0.2) is 0 Å². The predicted octanol–water partition coefficient (Wildman–Crippen LogP) is 6.42. The number of nitrogens with zero attached hydrogens (tertiary/aromatic N) is 9. The molecule has 0 unspecified atom stereocenters. The van der Waals surface area contributed by atoms with Crippen LogP contribution >= 0.6 is 11.6 Å². The number of nitrogens with one attached hydrogen (secondary N) is 3. The van der Waals surface area contributed by atoms with Crippen molar-refractivity contribution in [2.45, 2.75) is 256 Å². The Kier molecular flexibility index (Phi) is 28.5. The van der Waals surface area contributed by atoms with E-state index in [1.165, 1.54) is 82.7 Å². The van der Waals surface area contributed by atoms with Crippen molar-refractivity contribution in [3.05, 3.63) is 34.3 Å². The molecule has 4 saturated heterocycles. The molecule has 1 spiro atoms. The first-order valence-corrected chi connectivity index (χ1v) is 37.2. The van der Waals surface area contributed by atoms with Gasteiger partial charge in [0, 0.05) is 68.5 Å². The maximum Gasteiger partial charge on any atom is 0.417 e. The van der Waals surface area contributed by atoms with Gasteiger partial charge in [-0.15, -0.1) is 0 Å². The topological polar surface area (TPSA) is 270 Å². The fourth-order valence-corrected chi connectivity index (χ4v) is 16.2. The minimum atomic E-state index is -4.76. The molecule has 101 heavy (non-hydrogen) atoms. The maximum atomic E-state index is 15.5. The van der Waals surface area contributed by atoms with E-state index in [1.807, 2.05) is 20.8 Å². The monoisotopic (exact) mass is 1440 g/mol. The number of rotatable bonds is 12. The van der Waals surface area contributed by atoms with Crippen LogP contribution in [-0.4, -0.2) is 250 Å². The summed E-state index contributed by atoms with van der Waals surface area (Å²) >= 11 is 6.16. The number of benzene rings is 1. The van der Waals surface area contributed by atoms with Gasteiger partial charge in [-0.05, 0) is 125 Å². The average molecular weight is 1440 g/mol. The molecule has 4 heterocycles. The van der Waals surface area contributed by atoms with Crippen molar-refractivity contribution < 1.29 is 70.7 Å². The van der Waals surface area contributed by atoms with Gasteiger partial charge in [-0.1, -0.05) is 118 Å². The quantitative estimate of drug-likeness (QED) is 0.205. The summed E-state index contributed by atoms with van der Waals surface area (Å²) in [7, 11) is 8.66. The van der Waals surface area contributed by atoms with Crippen LogP contribution in [0.25, 0.3) is 0 Å². The number of carbonyl (C=O) groups is 12. The van der Waals surface area contributed by atoms with E-state index in [1.54, 1.807) is 32.6 Å². The van der Waals surface area contributed by atoms with E-state index >= 15 is 33.6 Å². The second-order valence-electron chi connectivity index (χ2n) is 30.2. The largest absolute Gasteiger partial charge is 0.417 e. The lowest BCUT2D eigenvalue weighted by Gasteiger charge is -2.45. The minimum absolute atomic E-state index is 0.0224. The number of likely N-dealkylation sites (tertiary alicyclic amines) is 1. The Hall–Kier alpha value is -7.06. The number of alkyl halides is 3.